The minimum absolute atomic E-state index is 0.152. The summed E-state index contributed by atoms with van der Waals surface area (Å²) < 4.78 is 0.959. The lowest BCUT2D eigenvalue weighted by Gasteiger charge is -2.02. The first-order valence-electron chi connectivity index (χ1n) is 5.19. The summed E-state index contributed by atoms with van der Waals surface area (Å²) in [6.45, 7) is 0.426. The average Bonchev–Trinajstić information content (AvgIpc) is 2.20. The fourth-order valence-electron chi connectivity index (χ4n) is 1.39. The molecular formula is C9H15N3O4. The van der Waals surface area contributed by atoms with Crippen molar-refractivity contribution in [3.63, 3.8) is 0 Å². The summed E-state index contributed by atoms with van der Waals surface area (Å²) >= 11 is 0. The van der Waals surface area contributed by atoms with E-state index < -0.39 is 17.1 Å². The third-order valence-electron chi connectivity index (χ3n) is 2.22. The number of H-pyrrole nitrogens is 2. The van der Waals surface area contributed by atoms with Crippen LogP contribution in [-0.2, 0) is 6.54 Å². The molecule has 0 saturated carbocycles. The molecule has 0 bridgehead atoms. The number of nitrogens with one attached hydrogen (secondary N) is 2. The maximum atomic E-state index is 11.2. The van der Waals surface area contributed by atoms with E-state index in [1.54, 1.807) is 0 Å². The van der Waals surface area contributed by atoms with Gasteiger partial charge in [0, 0.05) is 13.2 Å². The molecule has 1 heterocycles. The molecule has 1 rings (SSSR count). The smallest absolute Gasteiger partial charge is 0.333 e. The van der Waals surface area contributed by atoms with Gasteiger partial charge in [-0.25, -0.2) is 19.0 Å². The summed E-state index contributed by atoms with van der Waals surface area (Å²) in [5, 5.41) is 8.55. The number of unbranched alkanes of at least 4 members (excludes halogenated alkanes) is 3. The number of nitrogens with zero attached hydrogens (tertiary/aromatic N) is 1. The van der Waals surface area contributed by atoms with Crippen molar-refractivity contribution >= 4 is 0 Å². The van der Waals surface area contributed by atoms with Crippen LogP contribution in [0.3, 0.4) is 0 Å². The maximum absolute atomic E-state index is 11.2. The normalized spacial score (nSPS) is 10.6. The van der Waals surface area contributed by atoms with Gasteiger partial charge in [-0.3, -0.25) is 9.97 Å². The Morgan fingerprint density at radius 2 is 1.50 bits per heavy atom. The van der Waals surface area contributed by atoms with Gasteiger partial charge in [0.05, 0.1) is 0 Å². The van der Waals surface area contributed by atoms with E-state index >= 15 is 0 Å². The zero-order valence-corrected chi connectivity index (χ0v) is 8.86. The molecule has 1 aromatic heterocycles. The van der Waals surface area contributed by atoms with E-state index in [-0.39, 0.29) is 13.2 Å². The molecule has 0 aliphatic rings. The van der Waals surface area contributed by atoms with E-state index in [1.807, 2.05) is 9.97 Å². The number of aromatic amines is 2. The second-order valence-electron chi connectivity index (χ2n) is 3.48. The minimum atomic E-state index is -0.786. The summed E-state index contributed by atoms with van der Waals surface area (Å²) in [5.74, 6) is 0. The number of rotatable bonds is 6. The molecule has 0 aliphatic heterocycles. The zero-order chi connectivity index (χ0) is 12.0. The third kappa shape index (κ3) is 3.50. The highest BCUT2D eigenvalue weighted by molar-refractivity contribution is 4.68. The van der Waals surface area contributed by atoms with Gasteiger partial charge in [-0.2, -0.15) is 0 Å². The topological polar surface area (TPSA) is 108 Å². The lowest BCUT2D eigenvalue weighted by atomic mass is 10.2. The maximum Gasteiger partial charge on any atom is 0.333 e. The van der Waals surface area contributed by atoms with Crippen LogP contribution in [0, 0.1) is 0 Å². The highest BCUT2D eigenvalue weighted by Crippen LogP contribution is 1.99. The molecule has 0 aliphatic carbocycles. The van der Waals surface area contributed by atoms with Gasteiger partial charge in [0.15, 0.2) is 0 Å². The van der Waals surface area contributed by atoms with Crippen LogP contribution in [-0.4, -0.2) is 26.2 Å². The predicted octanol–water partition coefficient (Wildman–Crippen LogP) is -1.22. The Morgan fingerprint density at radius 3 is 2.06 bits per heavy atom. The molecule has 0 radical (unpaired) electrons. The van der Waals surface area contributed by atoms with Gasteiger partial charge in [-0.15, -0.1) is 0 Å². The molecule has 90 valence electrons. The lowest BCUT2D eigenvalue weighted by molar-refractivity contribution is 0.282. The number of hydrogen-bond acceptors (Lipinski definition) is 4. The van der Waals surface area contributed by atoms with Crippen LogP contribution in [0.5, 0.6) is 0 Å². The first-order chi connectivity index (χ1) is 7.65. The molecule has 0 atom stereocenters. The van der Waals surface area contributed by atoms with E-state index in [1.165, 1.54) is 0 Å². The zero-order valence-electron chi connectivity index (χ0n) is 8.86. The quantitative estimate of drug-likeness (QED) is 0.531. The summed E-state index contributed by atoms with van der Waals surface area (Å²) in [7, 11) is 0. The molecule has 3 N–H and O–H groups in total. The van der Waals surface area contributed by atoms with Crippen LogP contribution in [0.25, 0.3) is 0 Å². The highest BCUT2D eigenvalue weighted by atomic mass is 16.3. The molecule has 0 aromatic carbocycles. The van der Waals surface area contributed by atoms with Crippen LogP contribution in [0.4, 0.5) is 0 Å². The Labute approximate surface area is 90.8 Å². The van der Waals surface area contributed by atoms with Gasteiger partial charge in [0.1, 0.15) is 0 Å². The second-order valence-corrected chi connectivity index (χ2v) is 3.48. The van der Waals surface area contributed by atoms with Crippen molar-refractivity contribution in [2.45, 2.75) is 32.2 Å². The Bertz CT molecular complexity index is 450. The monoisotopic (exact) mass is 229 g/mol. The van der Waals surface area contributed by atoms with Gasteiger partial charge in [0.2, 0.25) is 0 Å². The Kier molecular flexibility index (Phi) is 4.71. The summed E-state index contributed by atoms with van der Waals surface area (Å²) in [4.78, 5) is 37.2. The van der Waals surface area contributed by atoms with Gasteiger partial charge < -0.3 is 5.11 Å². The number of aliphatic hydroxyl groups is 1. The molecule has 0 fully saturated rings. The fraction of sp³-hybridized carbons (Fsp3) is 0.667. The Hall–Kier alpha value is -1.63. The summed E-state index contributed by atoms with van der Waals surface area (Å²) in [6, 6.07) is 0. The van der Waals surface area contributed by atoms with Gasteiger partial charge in [0.25, 0.3) is 0 Å². The minimum Gasteiger partial charge on any atom is -0.396 e. The van der Waals surface area contributed by atoms with Crippen LogP contribution < -0.4 is 17.1 Å². The molecule has 0 saturated heterocycles. The largest absolute Gasteiger partial charge is 0.396 e. The molecule has 0 spiro atoms. The fourth-order valence-corrected chi connectivity index (χ4v) is 1.39. The first-order valence-corrected chi connectivity index (χ1v) is 5.19. The summed E-state index contributed by atoms with van der Waals surface area (Å²) in [6.07, 6.45) is 3.06. The van der Waals surface area contributed by atoms with Gasteiger partial charge in [-0.05, 0) is 12.8 Å². The molecule has 0 amide bonds. The van der Waals surface area contributed by atoms with Crippen molar-refractivity contribution in [2.75, 3.05) is 6.61 Å². The van der Waals surface area contributed by atoms with Gasteiger partial charge >= 0.3 is 17.1 Å². The number of hydrogen-bond donors (Lipinski definition) is 3. The number of aliphatic hydroxyl groups excluding tert-OH is 1. The average molecular weight is 229 g/mol. The molecule has 7 nitrogen and oxygen atoms in total. The van der Waals surface area contributed by atoms with Crippen LogP contribution in [0.2, 0.25) is 0 Å². The standard InChI is InChI=1S/C9H15N3O4/c13-6-4-2-1-3-5-12-8(15)10-7(14)11-9(12)16/h13H,1-6H2,(H2,10,11,14,15,16). The van der Waals surface area contributed by atoms with Crippen LogP contribution >= 0.6 is 0 Å². The van der Waals surface area contributed by atoms with Crippen molar-refractivity contribution in [2.24, 2.45) is 0 Å². The van der Waals surface area contributed by atoms with Crippen molar-refractivity contribution in [1.29, 1.82) is 0 Å². The molecule has 16 heavy (non-hydrogen) atoms. The van der Waals surface area contributed by atoms with Crippen LogP contribution in [0.15, 0.2) is 14.4 Å². The SMILES string of the molecule is O=c1[nH]c(=O)n(CCCCCCO)c(=O)[nH]1. The van der Waals surface area contributed by atoms with Crippen LogP contribution in [0.1, 0.15) is 25.7 Å². The van der Waals surface area contributed by atoms with E-state index in [4.69, 9.17) is 5.11 Å². The Balaban J connectivity index is 2.58. The third-order valence-corrected chi connectivity index (χ3v) is 2.22. The first kappa shape index (κ1) is 12.4. The van der Waals surface area contributed by atoms with E-state index in [0.29, 0.717) is 6.42 Å². The molecular weight excluding hydrogens is 214 g/mol. The number of aromatic nitrogens is 3. The molecule has 0 unspecified atom stereocenters. The van der Waals surface area contributed by atoms with Gasteiger partial charge in [-0.1, -0.05) is 12.8 Å². The molecule has 7 heteroatoms. The predicted molar refractivity (Wildman–Crippen MR) is 57.5 cm³/mol. The van der Waals surface area contributed by atoms with E-state index in [0.717, 1.165) is 23.8 Å². The van der Waals surface area contributed by atoms with Crippen molar-refractivity contribution in [3.05, 3.63) is 31.5 Å². The van der Waals surface area contributed by atoms with E-state index in [2.05, 4.69) is 0 Å². The second kappa shape index (κ2) is 6.06. The molecule has 1 aromatic rings. The van der Waals surface area contributed by atoms with Crippen molar-refractivity contribution < 1.29 is 5.11 Å². The Morgan fingerprint density at radius 1 is 0.938 bits per heavy atom. The van der Waals surface area contributed by atoms with E-state index in [9.17, 15) is 14.4 Å². The lowest BCUT2D eigenvalue weighted by Crippen LogP contribution is -2.43. The summed E-state index contributed by atoms with van der Waals surface area (Å²) in [5.41, 5.74) is -2.15. The van der Waals surface area contributed by atoms with Crippen molar-refractivity contribution in [1.82, 2.24) is 14.5 Å². The van der Waals surface area contributed by atoms with Crippen molar-refractivity contribution in [3.8, 4) is 0 Å². The highest BCUT2D eigenvalue weighted by Gasteiger charge is 2.01.